The third-order valence-corrected chi connectivity index (χ3v) is 10.1. The van der Waals surface area contributed by atoms with E-state index in [9.17, 15) is 8.42 Å². The standard InChI is InChI=1S/C16H26O5SSi/c1-16(2,3)23(5,6)20-11-12-10-19-14-8-7-13(22(4,17)18)9-15(14)21-12/h7-9,12H,10-11H2,1-6H3/t12-/m1/s1. The molecule has 5 nitrogen and oxygen atoms in total. The molecule has 1 heterocycles. The van der Waals surface area contributed by atoms with Crippen LogP contribution in [0.5, 0.6) is 11.5 Å². The summed E-state index contributed by atoms with van der Waals surface area (Å²) >= 11 is 0. The Bertz CT molecular complexity index is 676. The Morgan fingerprint density at radius 1 is 1.26 bits per heavy atom. The zero-order valence-electron chi connectivity index (χ0n) is 14.7. The van der Waals surface area contributed by atoms with Crippen molar-refractivity contribution >= 4 is 18.2 Å². The molecule has 0 aromatic heterocycles. The van der Waals surface area contributed by atoms with Crippen LogP contribution >= 0.6 is 0 Å². The number of rotatable bonds is 4. The van der Waals surface area contributed by atoms with Gasteiger partial charge in [0.05, 0.1) is 11.5 Å². The van der Waals surface area contributed by atoms with Gasteiger partial charge >= 0.3 is 0 Å². The summed E-state index contributed by atoms with van der Waals surface area (Å²) in [5.41, 5.74) is 0. The number of benzene rings is 1. The Morgan fingerprint density at radius 2 is 1.91 bits per heavy atom. The Kier molecular flexibility index (Phi) is 4.85. The Balaban J connectivity index is 2.08. The van der Waals surface area contributed by atoms with Gasteiger partial charge in [-0.05, 0) is 30.3 Å². The molecule has 7 heteroatoms. The zero-order chi connectivity index (χ0) is 17.5. The fraction of sp³-hybridized carbons (Fsp3) is 0.625. The minimum absolute atomic E-state index is 0.129. The van der Waals surface area contributed by atoms with Crippen LogP contribution in [-0.4, -0.2) is 42.3 Å². The van der Waals surface area contributed by atoms with Gasteiger partial charge in [0.2, 0.25) is 0 Å². The molecule has 0 unspecified atom stereocenters. The number of ether oxygens (including phenoxy) is 2. The molecule has 0 amide bonds. The van der Waals surface area contributed by atoms with Crippen LogP contribution in [0.15, 0.2) is 23.1 Å². The molecule has 0 radical (unpaired) electrons. The molecule has 0 saturated heterocycles. The molecule has 0 saturated carbocycles. The molecule has 0 spiro atoms. The number of fused-ring (bicyclic) bond motifs is 1. The third kappa shape index (κ3) is 4.27. The summed E-state index contributed by atoms with van der Waals surface area (Å²) in [5, 5.41) is 0.129. The van der Waals surface area contributed by atoms with Crippen molar-refractivity contribution in [2.24, 2.45) is 0 Å². The maximum absolute atomic E-state index is 11.7. The van der Waals surface area contributed by atoms with Gasteiger partial charge in [0.15, 0.2) is 35.8 Å². The first kappa shape index (κ1) is 18.3. The average molecular weight is 359 g/mol. The monoisotopic (exact) mass is 358 g/mol. The van der Waals surface area contributed by atoms with Crippen LogP contribution in [0.4, 0.5) is 0 Å². The van der Waals surface area contributed by atoms with E-state index >= 15 is 0 Å². The van der Waals surface area contributed by atoms with Gasteiger partial charge in [0.1, 0.15) is 6.61 Å². The van der Waals surface area contributed by atoms with Crippen LogP contribution in [0.25, 0.3) is 0 Å². The molecule has 2 rings (SSSR count). The van der Waals surface area contributed by atoms with Gasteiger partial charge in [-0.1, -0.05) is 20.8 Å². The third-order valence-electron chi connectivity index (χ3n) is 4.50. The SMILES string of the molecule is CC(C)(C)[Si](C)(C)OC[C@H]1COc2ccc(S(C)(=O)=O)cc2O1. The highest BCUT2D eigenvalue weighted by Gasteiger charge is 2.38. The Morgan fingerprint density at radius 3 is 2.48 bits per heavy atom. The van der Waals surface area contributed by atoms with Crippen molar-refractivity contribution in [2.45, 2.75) is 49.9 Å². The van der Waals surface area contributed by atoms with Gasteiger partial charge in [0.25, 0.3) is 0 Å². The zero-order valence-corrected chi connectivity index (χ0v) is 16.5. The van der Waals surface area contributed by atoms with Crippen molar-refractivity contribution in [2.75, 3.05) is 19.5 Å². The molecule has 130 valence electrons. The molecule has 1 aliphatic rings. The summed E-state index contributed by atoms with van der Waals surface area (Å²) in [7, 11) is -5.12. The maximum atomic E-state index is 11.7. The fourth-order valence-electron chi connectivity index (χ4n) is 1.93. The average Bonchev–Trinajstić information content (AvgIpc) is 2.42. The summed E-state index contributed by atoms with van der Waals surface area (Å²) in [6.07, 6.45) is 0.947. The van der Waals surface area contributed by atoms with Crippen molar-refractivity contribution < 1.29 is 22.3 Å². The van der Waals surface area contributed by atoms with Gasteiger partial charge in [0, 0.05) is 12.3 Å². The highest BCUT2D eigenvalue weighted by Crippen LogP contribution is 2.38. The first-order chi connectivity index (χ1) is 10.4. The summed E-state index contributed by atoms with van der Waals surface area (Å²) in [6, 6.07) is 4.68. The molecular formula is C16H26O5SSi. The van der Waals surface area contributed by atoms with Crippen molar-refractivity contribution in [1.29, 1.82) is 0 Å². The van der Waals surface area contributed by atoms with Gasteiger partial charge in [-0.2, -0.15) is 0 Å². The predicted octanol–water partition coefficient (Wildman–Crippen LogP) is 3.25. The molecule has 1 atom stereocenters. The van der Waals surface area contributed by atoms with Gasteiger partial charge in [-0.3, -0.25) is 0 Å². The van der Waals surface area contributed by atoms with Crippen LogP contribution < -0.4 is 9.47 Å². The summed E-state index contributed by atoms with van der Waals surface area (Å²) in [4.78, 5) is 0.228. The van der Waals surface area contributed by atoms with Gasteiger partial charge in [-0.25, -0.2) is 8.42 Å². The van der Waals surface area contributed by atoms with Gasteiger partial charge in [-0.15, -0.1) is 0 Å². The second-order valence-electron chi connectivity index (χ2n) is 7.50. The van der Waals surface area contributed by atoms with E-state index in [0.29, 0.717) is 24.7 Å². The summed E-state index contributed by atoms with van der Waals surface area (Å²) in [6.45, 7) is 11.8. The van der Waals surface area contributed by atoms with Gasteiger partial charge < -0.3 is 13.9 Å². The minimum Gasteiger partial charge on any atom is -0.486 e. The van der Waals surface area contributed by atoms with E-state index in [1.54, 1.807) is 6.07 Å². The highest BCUT2D eigenvalue weighted by atomic mass is 32.2. The molecule has 23 heavy (non-hydrogen) atoms. The van der Waals surface area contributed by atoms with E-state index in [1.165, 1.54) is 18.4 Å². The predicted molar refractivity (Wildman–Crippen MR) is 92.6 cm³/mol. The fourth-order valence-corrected chi connectivity index (χ4v) is 3.60. The maximum Gasteiger partial charge on any atom is 0.192 e. The van der Waals surface area contributed by atoms with Crippen LogP contribution in [-0.2, 0) is 14.3 Å². The molecule has 1 aromatic carbocycles. The van der Waals surface area contributed by atoms with E-state index in [1.807, 2.05) is 0 Å². The van der Waals surface area contributed by atoms with E-state index in [0.717, 1.165) is 0 Å². The lowest BCUT2D eigenvalue weighted by Gasteiger charge is -2.37. The van der Waals surface area contributed by atoms with E-state index in [-0.39, 0.29) is 16.0 Å². The van der Waals surface area contributed by atoms with E-state index in [4.69, 9.17) is 13.9 Å². The Labute approximate surface area is 140 Å². The minimum atomic E-state index is -3.27. The lowest BCUT2D eigenvalue weighted by atomic mass is 10.2. The Hall–Kier alpha value is -1.05. The lowest BCUT2D eigenvalue weighted by molar-refractivity contribution is 0.0489. The number of sulfone groups is 1. The highest BCUT2D eigenvalue weighted by molar-refractivity contribution is 7.90. The largest absolute Gasteiger partial charge is 0.486 e. The summed E-state index contributed by atoms with van der Waals surface area (Å²) in [5.74, 6) is 1.03. The lowest BCUT2D eigenvalue weighted by Crippen LogP contribution is -2.45. The molecule has 0 N–H and O–H groups in total. The van der Waals surface area contributed by atoms with E-state index in [2.05, 4.69) is 33.9 Å². The van der Waals surface area contributed by atoms with Crippen molar-refractivity contribution in [3.63, 3.8) is 0 Å². The molecule has 0 bridgehead atoms. The number of hydrogen-bond donors (Lipinski definition) is 0. The second-order valence-corrected chi connectivity index (χ2v) is 14.3. The molecule has 0 aliphatic carbocycles. The molecule has 0 fully saturated rings. The smallest absolute Gasteiger partial charge is 0.192 e. The van der Waals surface area contributed by atoms with Crippen LogP contribution in [0, 0.1) is 0 Å². The first-order valence-corrected chi connectivity index (χ1v) is 12.5. The topological polar surface area (TPSA) is 61.8 Å². The molecular weight excluding hydrogens is 332 g/mol. The first-order valence-electron chi connectivity index (χ1n) is 7.68. The van der Waals surface area contributed by atoms with Crippen molar-refractivity contribution in [3.05, 3.63) is 18.2 Å². The van der Waals surface area contributed by atoms with Crippen LogP contribution in [0.1, 0.15) is 20.8 Å². The molecule has 1 aliphatic heterocycles. The van der Waals surface area contributed by atoms with E-state index < -0.39 is 18.2 Å². The van der Waals surface area contributed by atoms with Crippen LogP contribution in [0.2, 0.25) is 18.1 Å². The van der Waals surface area contributed by atoms with Crippen LogP contribution in [0.3, 0.4) is 0 Å². The number of hydrogen-bond acceptors (Lipinski definition) is 5. The quantitative estimate of drug-likeness (QED) is 0.773. The van der Waals surface area contributed by atoms with Crippen molar-refractivity contribution in [3.8, 4) is 11.5 Å². The molecule has 1 aromatic rings. The normalized spacial score (nSPS) is 18.8. The van der Waals surface area contributed by atoms with Crippen molar-refractivity contribution in [1.82, 2.24) is 0 Å². The second kappa shape index (κ2) is 6.11. The summed E-state index contributed by atoms with van der Waals surface area (Å²) < 4.78 is 41.0.